The number of ketones is 1. The molecular weight excluding hydrogens is 360 g/mol. The van der Waals surface area contributed by atoms with Gasteiger partial charge >= 0.3 is 0 Å². The zero-order chi connectivity index (χ0) is 20.6. The Kier molecular flexibility index (Phi) is 4.47. The molecule has 0 spiro atoms. The van der Waals surface area contributed by atoms with E-state index in [0.717, 1.165) is 16.7 Å². The fraction of sp³-hybridized carbons (Fsp3) is 0.240. The normalized spacial score (nSPS) is 23.0. The molecule has 0 N–H and O–H groups in total. The maximum atomic E-state index is 14.0. The Morgan fingerprint density at radius 2 is 1.62 bits per heavy atom. The molecule has 4 heteroatoms. The Bertz CT molecular complexity index is 1070. The van der Waals surface area contributed by atoms with Crippen molar-refractivity contribution in [3.63, 3.8) is 0 Å². The summed E-state index contributed by atoms with van der Waals surface area (Å²) in [6.45, 7) is 4.53. The van der Waals surface area contributed by atoms with E-state index in [0.29, 0.717) is 13.1 Å². The van der Waals surface area contributed by atoms with Gasteiger partial charge < -0.3 is 4.90 Å². The van der Waals surface area contributed by atoms with E-state index >= 15 is 0 Å². The highest BCUT2D eigenvalue weighted by Crippen LogP contribution is 2.51. The third kappa shape index (κ3) is 2.82. The van der Waals surface area contributed by atoms with Crippen LogP contribution in [0.15, 0.2) is 84.0 Å². The van der Waals surface area contributed by atoms with Crippen LogP contribution in [0.2, 0.25) is 0 Å². The van der Waals surface area contributed by atoms with Crippen molar-refractivity contribution in [2.75, 3.05) is 6.54 Å². The lowest BCUT2D eigenvalue weighted by Gasteiger charge is -2.48. The van der Waals surface area contributed by atoms with E-state index in [1.807, 2.05) is 86.7 Å². The molecule has 1 aliphatic carbocycles. The van der Waals surface area contributed by atoms with Crippen LogP contribution < -0.4 is 0 Å². The second-order valence-corrected chi connectivity index (χ2v) is 8.09. The largest absolute Gasteiger partial charge is 0.333 e. The van der Waals surface area contributed by atoms with Crippen molar-refractivity contribution in [1.29, 1.82) is 5.26 Å². The summed E-state index contributed by atoms with van der Waals surface area (Å²) in [4.78, 5) is 28.7. The molecule has 1 aliphatic heterocycles. The Morgan fingerprint density at radius 3 is 2.24 bits per heavy atom. The topological polar surface area (TPSA) is 61.2 Å². The first kappa shape index (κ1) is 18.9. The zero-order valence-electron chi connectivity index (χ0n) is 16.6. The maximum Gasteiger partial charge on any atom is 0.241 e. The highest BCUT2D eigenvalue weighted by molar-refractivity contribution is 6.11. The predicted octanol–water partition coefficient (Wildman–Crippen LogP) is 3.95. The lowest BCUT2D eigenvalue weighted by atomic mass is 9.56. The lowest BCUT2D eigenvalue weighted by molar-refractivity contribution is -0.136. The minimum Gasteiger partial charge on any atom is -0.333 e. The molecule has 0 fully saturated rings. The van der Waals surface area contributed by atoms with Crippen molar-refractivity contribution in [3.8, 4) is 6.07 Å². The third-order valence-corrected chi connectivity index (χ3v) is 5.98. The zero-order valence-corrected chi connectivity index (χ0v) is 16.6. The second kappa shape index (κ2) is 6.86. The standard InChI is InChI=1S/C25H22N2O2/c1-24(2)21-13-14-27(17-18-9-5-3-6-10-18)23(29)25(21,15-19(16-26)22(24)28)20-11-7-4-8-12-20/h3-13,15H,14,17H2,1-2H3/t25-/m1/s1. The molecule has 144 valence electrons. The number of amides is 1. The molecule has 2 aromatic carbocycles. The molecule has 1 amide bonds. The third-order valence-electron chi connectivity index (χ3n) is 5.98. The SMILES string of the molecule is CC1(C)C(=O)C(C#N)=C[C@]2(c3ccccc3)C(=O)N(Cc3ccccc3)CC=C12. The van der Waals surface area contributed by atoms with Crippen molar-refractivity contribution in [2.24, 2.45) is 5.41 Å². The fourth-order valence-corrected chi connectivity index (χ4v) is 4.53. The molecule has 0 bridgehead atoms. The highest BCUT2D eigenvalue weighted by Gasteiger charge is 2.56. The number of fused-ring (bicyclic) bond motifs is 1. The molecule has 2 aromatic rings. The second-order valence-electron chi connectivity index (χ2n) is 8.09. The van der Waals surface area contributed by atoms with E-state index in [1.165, 1.54) is 0 Å². The Morgan fingerprint density at radius 1 is 1.00 bits per heavy atom. The van der Waals surface area contributed by atoms with E-state index in [-0.39, 0.29) is 17.3 Å². The summed E-state index contributed by atoms with van der Waals surface area (Å²) in [6, 6.07) is 21.3. The van der Waals surface area contributed by atoms with Gasteiger partial charge in [0.1, 0.15) is 11.5 Å². The molecule has 0 aromatic heterocycles. The van der Waals surface area contributed by atoms with Crippen molar-refractivity contribution in [3.05, 3.63) is 95.1 Å². The van der Waals surface area contributed by atoms with Crippen LogP contribution in [0.3, 0.4) is 0 Å². The van der Waals surface area contributed by atoms with Crippen molar-refractivity contribution >= 4 is 11.7 Å². The monoisotopic (exact) mass is 382 g/mol. The minimum atomic E-state index is -1.14. The number of nitrogens with zero attached hydrogens (tertiary/aromatic N) is 2. The molecule has 0 radical (unpaired) electrons. The number of hydrogen-bond acceptors (Lipinski definition) is 3. The summed E-state index contributed by atoms with van der Waals surface area (Å²) in [6.07, 6.45) is 3.58. The molecular formula is C25H22N2O2. The van der Waals surface area contributed by atoms with E-state index < -0.39 is 10.8 Å². The number of nitriles is 1. The number of carbonyl (C=O) groups is 2. The molecule has 4 nitrogen and oxygen atoms in total. The van der Waals surface area contributed by atoms with E-state index in [4.69, 9.17) is 0 Å². The Hall–Kier alpha value is -3.45. The van der Waals surface area contributed by atoms with Crippen LogP contribution in [0.5, 0.6) is 0 Å². The lowest BCUT2D eigenvalue weighted by Crippen LogP contribution is -2.56. The molecule has 1 heterocycles. The van der Waals surface area contributed by atoms with Gasteiger partial charge in [-0.1, -0.05) is 66.7 Å². The summed E-state index contributed by atoms with van der Waals surface area (Å²) in [5, 5.41) is 9.65. The highest BCUT2D eigenvalue weighted by atomic mass is 16.2. The number of hydrogen-bond donors (Lipinski definition) is 0. The maximum absolute atomic E-state index is 14.0. The van der Waals surface area contributed by atoms with Gasteiger partial charge in [-0.2, -0.15) is 5.26 Å². The van der Waals surface area contributed by atoms with Crippen molar-refractivity contribution < 1.29 is 9.59 Å². The number of benzene rings is 2. The number of Topliss-reactive ketones (excluding diaryl/α,β-unsaturated/α-hetero) is 1. The Labute approximate surface area is 170 Å². The van der Waals surface area contributed by atoms with Crippen molar-refractivity contribution in [1.82, 2.24) is 4.90 Å². The molecule has 0 unspecified atom stereocenters. The summed E-state index contributed by atoms with van der Waals surface area (Å²) in [5.41, 5.74) is 0.556. The smallest absolute Gasteiger partial charge is 0.241 e. The van der Waals surface area contributed by atoms with Gasteiger partial charge in [-0.3, -0.25) is 9.59 Å². The van der Waals surface area contributed by atoms with E-state index in [1.54, 1.807) is 11.0 Å². The molecule has 29 heavy (non-hydrogen) atoms. The molecule has 0 saturated carbocycles. The number of rotatable bonds is 3. The van der Waals surface area contributed by atoms with E-state index in [9.17, 15) is 14.9 Å². The average molecular weight is 382 g/mol. The summed E-state index contributed by atoms with van der Waals surface area (Å²) < 4.78 is 0. The summed E-state index contributed by atoms with van der Waals surface area (Å²) in [7, 11) is 0. The van der Waals surface area contributed by atoms with E-state index in [2.05, 4.69) is 0 Å². The van der Waals surface area contributed by atoms with Crippen LogP contribution in [0.1, 0.15) is 25.0 Å². The quantitative estimate of drug-likeness (QED) is 0.755. The van der Waals surface area contributed by atoms with Gasteiger partial charge in [0.25, 0.3) is 0 Å². The predicted molar refractivity (Wildman–Crippen MR) is 111 cm³/mol. The Balaban J connectivity index is 1.92. The molecule has 0 saturated heterocycles. The molecule has 2 aliphatic rings. The van der Waals surface area contributed by atoms with Crippen LogP contribution in [0, 0.1) is 16.7 Å². The molecule has 4 rings (SSSR count). The van der Waals surface area contributed by atoms with Crippen LogP contribution in [-0.2, 0) is 21.5 Å². The first-order chi connectivity index (χ1) is 13.9. The minimum absolute atomic E-state index is 0.0471. The van der Waals surface area contributed by atoms with Gasteiger partial charge in [0, 0.05) is 13.1 Å². The van der Waals surface area contributed by atoms with Gasteiger partial charge in [-0.25, -0.2) is 0 Å². The summed E-state index contributed by atoms with van der Waals surface area (Å²) >= 11 is 0. The van der Waals surface area contributed by atoms with Crippen LogP contribution in [0.25, 0.3) is 0 Å². The summed E-state index contributed by atoms with van der Waals surface area (Å²) in [5.74, 6) is -0.333. The number of allylic oxidation sites excluding steroid dienone is 1. The van der Waals surface area contributed by atoms with Crippen LogP contribution in [-0.4, -0.2) is 23.1 Å². The average Bonchev–Trinajstić information content (AvgIpc) is 2.74. The first-order valence-corrected chi connectivity index (χ1v) is 9.69. The van der Waals surface area contributed by atoms with Crippen LogP contribution >= 0.6 is 0 Å². The first-order valence-electron chi connectivity index (χ1n) is 9.69. The van der Waals surface area contributed by atoms with Gasteiger partial charge in [-0.05, 0) is 36.6 Å². The van der Waals surface area contributed by atoms with Crippen LogP contribution in [0.4, 0.5) is 0 Å². The molecule has 1 atom stereocenters. The number of carbonyl (C=O) groups excluding carboxylic acids is 2. The fourth-order valence-electron chi connectivity index (χ4n) is 4.53. The van der Waals surface area contributed by atoms with Crippen molar-refractivity contribution in [2.45, 2.75) is 25.8 Å². The van der Waals surface area contributed by atoms with Gasteiger partial charge in [0.05, 0.1) is 11.0 Å². The van der Waals surface area contributed by atoms with Gasteiger partial charge in [0.15, 0.2) is 5.78 Å². The van der Waals surface area contributed by atoms with Gasteiger partial charge in [0.2, 0.25) is 5.91 Å². The van der Waals surface area contributed by atoms with Gasteiger partial charge in [-0.15, -0.1) is 0 Å².